The van der Waals surface area contributed by atoms with E-state index in [9.17, 15) is 9.59 Å². The number of halogens is 1. The zero-order valence-corrected chi connectivity index (χ0v) is 13.8. The van der Waals surface area contributed by atoms with E-state index in [-0.39, 0.29) is 11.7 Å². The summed E-state index contributed by atoms with van der Waals surface area (Å²) < 4.78 is 5.03. The number of carbonyl (C=O) groups is 2. The quantitative estimate of drug-likeness (QED) is 0.839. The fraction of sp³-hybridized carbons (Fsp3) is 0.294. The maximum Gasteiger partial charge on any atom is 0.291 e. The van der Waals surface area contributed by atoms with E-state index in [1.807, 2.05) is 0 Å². The molecule has 0 saturated carbocycles. The molecule has 122 valence electrons. The summed E-state index contributed by atoms with van der Waals surface area (Å²) in [5, 5.41) is 5.83. The van der Waals surface area contributed by atoms with Gasteiger partial charge in [0, 0.05) is 12.1 Å². The van der Waals surface area contributed by atoms with Gasteiger partial charge in [0.15, 0.2) is 5.76 Å². The van der Waals surface area contributed by atoms with Gasteiger partial charge in [-0.25, -0.2) is 0 Å². The van der Waals surface area contributed by atoms with Gasteiger partial charge < -0.3 is 15.1 Å². The molecule has 2 N–H and O–H groups in total. The van der Waals surface area contributed by atoms with Crippen molar-refractivity contribution >= 4 is 29.1 Å². The molecule has 0 aliphatic carbocycles. The van der Waals surface area contributed by atoms with Crippen molar-refractivity contribution in [1.29, 1.82) is 0 Å². The fourth-order valence-corrected chi connectivity index (χ4v) is 2.10. The molecule has 0 aliphatic heterocycles. The molecule has 0 unspecified atom stereocenters. The lowest BCUT2D eigenvalue weighted by atomic mass is 10.1. The van der Waals surface area contributed by atoms with Crippen molar-refractivity contribution in [1.82, 2.24) is 5.32 Å². The van der Waals surface area contributed by atoms with Gasteiger partial charge in [0.1, 0.15) is 0 Å². The molecule has 0 aliphatic rings. The number of carbonyl (C=O) groups excluding carboxylic acids is 2. The normalized spacial score (nSPS) is 10.6. The minimum atomic E-state index is -0.422. The summed E-state index contributed by atoms with van der Waals surface area (Å²) in [6.45, 7) is 4.79. The molecular weight excluding hydrogens is 316 g/mol. The average Bonchev–Trinajstić information content (AvgIpc) is 3.03. The van der Waals surface area contributed by atoms with E-state index in [2.05, 4.69) is 24.5 Å². The summed E-state index contributed by atoms with van der Waals surface area (Å²) >= 11 is 6.08. The van der Waals surface area contributed by atoms with Crippen LogP contribution in [0.1, 0.15) is 41.2 Å². The van der Waals surface area contributed by atoms with Gasteiger partial charge in [-0.2, -0.15) is 0 Å². The Morgan fingerprint density at radius 2 is 2.00 bits per heavy atom. The Bertz CT molecular complexity index is 681. The predicted octanol–water partition coefficient (Wildman–Crippen LogP) is 3.96. The molecule has 0 atom stereocenters. The van der Waals surface area contributed by atoms with Crippen LogP contribution >= 0.6 is 11.6 Å². The topological polar surface area (TPSA) is 71.3 Å². The van der Waals surface area contributed by atoms with Gasteiger partial charge >= 0.3 is 0 Å². The van der Waals surface area contributed by atoms with Gasteiger partial charge in [0.25, 0.3) is 11.8 Å². The molecule has 0 saturated heterocycles. The van der Waals surface area contributed by atoms with Crippen molar-refractivity contribution in [3.8, 4) is 0 Å². The molecule has 1 heterocycles. The average molecular weight is 335 g/mol. The van der Waals surface area contributed by atoms with E-state index in [4.69, 9.17) is 16.0 Å². The Kier molecular flexibility index (Phi) is 5.82. The second-order valence-electron chi connectivity index (χ2n) is 5.56. The number of furan rings is 1. The number of amides is 2. The molecule has 23 heavy (non-hydrogen) atoms. The molecule has 2 amide bonds. The van der Waals surface area contributed by atoms with E-state index < -0.39 is 5.91 Å². The lowest BCUT2D eigenvalue weighted by molar-refractivity contribution is 0.0950. The number of nitrogens with one attached hydrogen (secondary N) is 2. The first-order chi connectivity index (χ1) is 11.0. The van der Waals surface area contributed by atoms with E-state index in [1.54, 1.807) is 30.3 Å². The fourth-order valence-electron chi connectivity index (χ4n) is 1.93. The second-order valence-corrected chi connectivity index (χ2v) is 5.97. The molecule has 5 nitrogen and oxygen atoms in total. The van der Waals surface area contributed by atoms with E-state index >= 15 is 0 Å². The number of hydrogen-bond acceptors (Lipinski definition) is 3. The van der Waals surface area contributed by atoms with Crippen LogP contribution in [0.3, 0.4) is 0 Å². The summed E-state index contributed by atoms with van der Waals surface area (Å²) in [4.78, 5) is 24.1. The molecule has 0 fully saturated rings. The van der Waals surface area contributed by atoms with Crippen molar-refractivity contribution in [3.05, 3.63) is 52.9 Å². The lowest BCUT2D eigenvalue weighted by Crippen LogP contribution is -2.25. The van der Waals surface area contributed by atoms with Gasteiger partial charge in [-0.1, -0.05) is 25.4 Å². The molecule has 6 heteroatoms. The van der Waals surface area contributed by atoms with Crippen LogP contribution in [0, 0.1) is 5.92 Å². The molecule has 1 aromatic heterocycles. The van der Waals surface area contributed by atoms with Crippen LogP contribution < -0.4 is 10.6 Å². The summed E-state index contributed by atoms with van der Waals surface area (Å²) in [5.41, 5.74) is 0.803. The van der Waals surface area contributed by atoms with E-state index in [0.717, 1.165) is 6.42 Å². The van der Waals surface area contributed by atoms with Crippen molar-refractivity contribution in [2.75, 3.05) is 11.9 Å². The first kappa shape index (κ1) is 17.1. The van der Waals surface area contributed by atoms with Crippen molar-refractivity contribution in [2.45, 2.75) is 20.3 Å². The third kappa shape index (κ3) is 4.86. The number of anilines is 1. The van der Waals surface area contributed by atoms with Crippen LogP contribution in [0.2, 0.25) is 5.02 Å². The number of benzene rings is 1. The van der Waals surface area contributed by atoms with Crippen LogP contribution in [-0.4, -0.2) is 18.4 Å². The number of hydrogen-bond donors (Lipinski definition) is 2. The molecule has 0 radical (unpaired) electrons. The highest BCUT2D eigenvalue weighted by Crippen LogP contribution is 2.24. The minimum Gasteiger partial charge on any atom is -0.459 e. The first-order valence-electron chi connectivity index (χ1n) is 7.40. The summed E-state index contributed by atoms with van der Waals surface area (Å²) in [6.07, 6.45) is 2.32. The van der Waals surface area contributed by atoms with Crippen LogP contribution in [0.5, 0.6) is 0 Å². The summed E-state index contributed by atoms with van der Waals surface area (Å²) in [7, 11) is 0. The standard InChI is InChI=1S/C17H19ClN2O3/c1-11(2)7-8-19-16(21)12-5-6-13(18)14(10-12)20-17(22)15-4-3-9-23-15/h3-6,9-11H,7-8H2,1-2H3,(H,19,21)(H,20,22). The molecular formula is C17H19ClN2O3. The highest BCUT2D eigenvalue weighted by atomic mass is 35.5. The minimum absolute atomic E-state index is 0.174. The van der Waals surface area contributed by atoms with Crippen LogP contribution in [-0.2, 0) is 0 Å². The maximum atomic E-state index is 12.1. The van der Waals surface area contributed by atoms with E-state index in [1.165, 1.54) is 6.26 Å². The predicted molar refractivity (Wildman–Crippen MR) is 89.9 cm³/mol. The number of rotatable bonds is 6. The lowest BCUT2D eigenvalue weighted by Gasteiger charge is -2.10. The third-order valence-corrected chi connectivity index (χ3v) is 3.56. The first-order valence-corrected chi connectivity index (χ1v) is 7.77. The van der Waals surface area contributed by atoms with Gasteiger partial charge in [-0.05, 0) is 42.7 Å². The maximum absolute atomic E-state index is 12.1. The molecule has 2 rings (SSSR count). The summed E-state index contributed by atoms with van der Waals surface area (Å²) in [5.74, 6) is 0.0709. The molecule has 1 aromatic carbocycles. The van der Waals surface area contributed by atoms with Crippen molar-refractivity contribution in [3.63, 3.8) is 0 Å². The van der Waals surface area contributed by atoms with Gasteiger partial charge in [-0.3, -0.25) is 9.59 Å². The van der Waals surface area contributed by atoms with Gasteiger partial charge in [-0.15, -0.1) is 0 Å². The Labute approximate surface area is 140 Å². The Morgan fingerprint density at radius 1 is 1.22 bits per heavy atom. The smallest absolute Gasteiger partial charge is 0.291 e. The third-order valence-electron chi connectivity index (χ3n) is 3.23. The zero-order valence-electron chi connectivity index (χ0n) is 13.1. The Hall–Kier alpha value is -2.27. The zero-order chi connectivity index (χ0) is 16.8. The van der Waals surface area contributed by atoms with Gasteiger partial charge in [0.05, 0.1) is 17.0 Å². The highest BCUT2D eigenvalue weighted by molar-refractivity contribution is 6.34. The Morgan fingerprint density at radius 3 is 2.65 bits per heavy atom. The molecule has 0 spiro atoms. The second kappa shape index (κ2) is 7.83. The summed E-state index contributed by atoms with van der Waals surface area (Å²) in [6, 6.07) is 7.92. The molecule has 0 bridgehead atoms. The monoisotopic (exact) mass is 334 g/mol. The van der Waals surface area contributed by atoms with Crippen LogP contribution in [0.15, 0.2) is 41.0 Å². The Balaban J connectivity index is 2.06. The molecule has 2 aromatic rings. The van der Waals surface area contributed by atoms with Gasteiger partial charge in [0.2, 0.25) is 0 Å². The SMILES string of the molecule is CC(C)CCNC(=O)c1ccc(Cl)c(NC(=O)c2ccco2)c1. The van der Waals surface area contributed by atoms with Crippen molar-refractivity contribution < 1.29 is 14.0 Å². The largest absolute Gasteiger partial charge is 0.459 e. The highest BCUT2D eigenvalue weighted by Gasteiger charge is 2.13. The van der Waals surface area contributed by atoms with Crippen molar-refractivity contribution in [2.24, 2.45) is 5.92 Å². The van der Waals surface area contributed by atoms with Crippen LogP contribution in [0.25, 0.3) is 0 Å². The van der Waals surface area contributed by atoms with E-state index in [0.29, 0.717) is 28.7 Å². The van der Waals surface area contributed by atoms with Crippen LogP contribution in [0.4, 0.5) is 5.69 Å².